The summed E-state index contributed by atoms with van der Waals surface area (Å²) in [6.45, 7) is 5.41. The predicted molar refractivity (Wildman–Crippen MR) is 113 cm³/mol. The molecule has 8 nitrogen and oxygen atoms in total. The van der Waals surface area contributed by atoms with E-state index < -0.39 is 5.91 Å². The zero-order valence-electron chi connectivity index (χ0n) is 16.6. The number of carbonyl (C=O) groups excluding carboxylic acids is 2. The number of likely N-dealkylation sites (tertiary alicyclic amines) is 1. The molecule has 8 heteroatoms. The molecule has 2 aromatic heterocycles. The highest BCUT2D eigenvalue weighted by atomic mass is 16.2. The molecule has 0 aliphatic carbocycles. The van der Waals surface area contributed by atoms with E-state index in [0.29, 0.717) is 30.9 Å². The summed E-state index contributed by atoms with van der Waals surface area (Å²) in [6.07, 6.45) is 8.29. The molecule has 3 heterocycles. The van der Waals surface area contributed by atoms with Crippen LogP contribution in [0, 0.1) is 0 Å². The average Bonchev–Trinajstić information content (AvgIpc) is 3.41. The highest BCUT2D eigenvalue weighted by Crippen LogP contribution is 2.27. The first kappa shape index (κ1) is 19.6. The van der Waals surface area contributed by atoms with Gasteiger partial charge in [0.05, 0.1) is 24.3 Å². The maximum Gasteiger partial charge on any atom is 0.252 e. The van der Waals surface area contributed by atoms with E-state index in [1.54, 1.807) is 26.7 Å². The van der Waals surface area contributed by atoms with Crippen LogP contribution in [-0.4, -0.2) is 49.4 Å². The molecule has 1 aromatic carbocycles. The van der Waals surface area contributed by atoms with Crippen LogP contribution in [-0.2, 0) is 11.3 Å². The smallest absolute Gasteiger partial charge is 0.252 e. The number of hydrogen-bond acceptors (Lipinski definition) is 4. The van der Waals surface area contributed by atoms with Gasteiger partial charge in [0.15, 0.2) is 0 Å². The molecule has 3 aromatic rings. The highest BCUT2D eigenvalue weighted by molar-refractivity contribution is 5.98. The minimum atomic E-state index is -0.540. The van der Waals surface area contributed by atoms with Crippen molar-refractivity contribution in [3.63, 3.8) is 0 Å². The van der Waals surface area contributed by atoms with Gasteiger partial charge in [0.1, 0.15) is 5.69 Å². The van der Waals surface area contributed by atoms with Crippen LogP contribution >= 0.6 is 0 Å². The molecule has 1 atom stereocenters. The number of nitrogens with zero attached hydrogens (tertiary/aromatic N) is 5. The Hall–Kier alpha value is -3.68. The highest BCUT2D eigenvalue weighted by Gasteiger charge is 2.26. The second kappa shape index (κ2) is 8.36. The lowest BCUT2D eigenvalue weighted by atomic mass is 10.1. The molecule has 1 aliphatic rings. The van der Waals surface area contributed by atoms with Gasteiger partial charge in [-0.15, -0.1) is 0 Å². The van der Waals surface area contributed by atoms with Crippen LogP contribution in [0.1, 0.15) is 34.8 Å². The molecule has 0 radical (unpaired) electrons. The maximum absolute atomic E-state index is 12.1. The molecular weight excluding hydrogens is 380 g/mol. The third-order valence-corrected chi connectivity index (χ3v) is 5.35. The third-order valence-electron chi connectivity index (χ3n) is 5.35. The minimum absolute atomic E-state index is 0.0196. The van der Waals surface area contributed by atoms with Crippen molar-refractivity contribution in [2.45, 2.75) is 25.4 Å². The Balaban J connectivity index is 1.60. The number of benzene rings is 1. The van der Waals surface area contributed by atoms with E-state index >= 15 is 0 Å². The summed E-state index contributed by atoms with van der Waals surface area (Å²) in [5.41, 5.74) is 8.34. The van der Waals surface area contributed by atoms with Crippen molar-refractivity contribution >= 4 is 11.8 Å². The minimum Gasteiger partial charge on any atom is -0.365 e. The van der Waals surface area contributed by atoms with Crippen LogP contribution in [0.3, 0.4) is 0 Å². The van der Waals surface area contributed by atoms with Gasteiger partial charge in [-0.1, -0.05) is 36.9 Å². The van der Waals surface area contributed by atoms with Gasteiger partial charge in [-0.05, 0) is 24.5 Å². The van der Waals surface area contributed by atoms with Gasteiger partial charge in [-0.2, -0.15) is 10.2 Å². The fraction of sp³-hybridized carbons (Fsp3) is 0.273. The van der Waals surface area contributed by atoms with Crippen molar-refractivity contribution in [1.29, 1.82) is 0 Å². The number of nitrogens with two attached hydrogens (primary N) is 1. The van der Waals surface area contributed by atoms with Crippen LogP contribution in [0.15, 0.2) is 61.6 Å². The van der Waals surface area contributed by atoms with Crippen molar-refractivity contribution in [2.24, 2.45) is 5.73 Å². The Morgan fingerprint density at radius 1 is 1.23 bits per heavy atom. The first-order valence-electron chi connectivity index (χ1n) is 9.92. The van der Waals surface area contributed by atoms with Gasteiger partial charge in [0.25, 0.3) is 5.91 Å². The van der Waals surface area contributed by atoms with Crippen LogP contribution in [0.25, 0.3) is 11.3 Å². The van der Waals surface area contributed by atoms with Crippen molar-refractivity contribution < 1.29 is 9.59 Å². The number of piperidine rings is 1. The molecule has 30 heavy (non-hydrogen) atoms. The summed E-state index contributed by atoms with van der Waals surface area (Å²) in [5.74, 6) is -0.633. The summed E-state index contributed by atoms with van der Waals surface area (Å²) in [7, 11) is 0. The van der Waals surface area contributed by atoms with Gasteiger partial charge in [-0.25, -0.2) is 0 Å². The maximum atomic E-state index is 12.1. The van der Waals surface area contributed by atoms with Crippen LogP contribution < -0.4 is 5.73 Å². The molecule has 1 fully saturated rings. The van der Waals surface area contributed by atoms with E-state index in [1.807, 2.05) is 36.5 Å². The number of carbonyl (C=O) groups is 2. The largest absolute Gasteiger partial charge is 0.365 e. The Labute approximate surface area is 174 Å². The van der Waals surface area contributed by atoms with Gasteiger partial charge in [0.2, 0.25) is 5.91 Å². The van der Waals surface area contributed by atoms with Crippen LogP contribution in [0.4, 0.5) is 0 Å². The SMILES string of the molecule is C=CC(=O)N1CCCC(n2cc(C(N)=O)c(-c3cnn(Cc4ccccc4)c3)n2)C1. The molecule has 1 unspecified atom stereocenters. The molecule has 2 N–H and O–H groups in total. The Morgan fingerprint density at radius 2 is 2.03 bits per heavy atom. The van der Waals surface area contributed by atoms with E-state index in [2.05, 4.69) is 16.8 Å². The molecule has 1 saturated heterocycles. The van der Waals surface area contributed by atoms with Gasteiger partial charge < -0.3 is 10.6 Å². The van der Waals surface area contributed by atoms with Crippen LogP contribution in [0.5, 0.6) is 0 Å². The summed E-state index contributed by atoms with van der Waals surface area (Å²) in [4.78, 5) is 25.8. The first-order valence-corrected chi connectivity index (χ1v) is 9.92. The van der Waals surface area contributed by atoms with E-state index in [0.717, 1.165) is 24.0 Å². The number of rotatable bonds is 6. The lowest BCUT2D eigenvalue weighted by Gasteiger charge is -2.32. The molecule has 0 saturated carbocycles. The van der Waals surface area contributed by atoms with Crippen LogP contribution in [0.2, 0.25) is 0 Å². The molecular formula is C22H24N6O2. The monoisotopic (exact) mass is 404 g/mol. The van der Waals surface area contributed by atoms with E-state index in [1.165, 1.54) is 6.08 Å². The summed E-state index contributed by atoms with van der Waals surface area (Å²) in [5, 5.41) is 9.07. The quantitative estimate of drug-likeness (QED) is 0.637. The third kappa shape index (κ3) is 4.03. The van der Waals surface area contributed by atoms with Crippen molar-refractivity contribution in [1.82, 2.24) is 24.5 Å². The standard InChI is InChI=1S/C22H24N6O2/c1-2-20(29)26-10-6-9-18(14-26)28-15-19(22(23)30)21(25-28)17-11-24-27(13-17)12-16-7-4-3-5-8-16/h2-5,7-8,11,13,15,18H,1,6,9-10,12,14H2,(H2,23,30). The zero-order chi connectivity index (χ0) is 21.1. The number of hydrogen-bond donors (Lipinski definition) is 1. The molecule has 0 spiro atoms. The zero-order valence-corrected chi connectivity index (χ0v) is 16.6. The Morgan fingerprint density at radius 3 is 2.77 bits per heavy atom. The molecule has 4 rings (SSSR count). The van der Waals surface area contributed by atoms with Crippen molar-refractivity contribution in [3.05, 3.63) is 72.7 Å². The Kier molecular flexibility index (Phi) is 5.47. The van der Waals surface area contributed by atoms with Crippen molar-refractivity contribution in [3.8, 4) is 11.3 Å². The lowest BCUT2D eigenvalue weighted by molar-refractivity contribution is -0.127. The predicted octanol–water partition coefficient (Wildman–Crippen LogP) is 2.24. The fourth-order valence-electron chi connectivity index (χ4n) is 3.81. The van der Waals surface area contributed by atoms with Gasteiger partial charge >= 0.3 is 0 Å². The normalized spacial score (nSPS) is 16.4. The van der Waals surface area contributed by atoms with E-state index in [9.17, 15) is 9.59 Å². The lowest BCUT2D eigenvalue weighted by Crippen LogP contribution is -2.40. The number of aromatic nitrogens is 4. The van der Waals surface area contributed by atoms with Gasteiger partial charge in [0, 0.05) is 31.0 Å². The van der Waals surface area contributed by atoms with E-state index in [-0.39, 0.29) is 11.9 Å². The van der Waals surface area contributed by atoms with Crippen molar-refractivity contribution in [2.75, 3.05) is 13.1 Å². The number of amides is 2. The van der Waals surface area contributed by atoms with Gasteiger partial charge in [-0.3, -0.25) is 19.0 Å². The van der Waals surface area contributed by atoms with E-state index in [4.69, 9.17) is 5.73 Å². The molecule has 1 aliphatic heterocycles. The Bertz CT molecular complexity index is 1070. The summed E-state index contributed by atoms with van der Waals surface area (Å²) >= 11 is 0. The first-order chi connectivity index (χ1) is 14.5. The second-order valence-electron chi connectivity index (χ2n) is 7.43. The second-order valence-corrected chi connectivity index (χ2v) is 7.43. The average molecular weight is 404 g/mol. The molecule has 2 amide bonds. The molecule has 154 valence electrons. The summed E-state index contributed by atoms with van der Waals surface area (Å²) < 4.78 is 3.56. The summed E-state index contributed by atoms with van der Waals surface area (Å²) in [6, 6.07) is 9.98. The fourth-order valence-corrected chi connectivity index (χ4v) is 3.81. The number of primary amides is 1. The topological polar surface area (TPSA) is 99.0 Å². The molecule has 0 bridgehead atoms.